The molecule has 0 aromatic rings. The number of hydrogen-bond acceptors (Lipinski definition) is 5. The van der Waals surface area contributed by atoms with Gasteiger partial charge in [0.1, 0.15) is 12.2 Å². The van der Waals surface area contributed by atoms with Gasteiger partial charge in [-0.05, 0) is 13.8 Å². The SMILES string of the molecule is C[C@H](COC[C@H]1CO1)O[C@H](C)COC[C@H]1CO1. The van der Waals surface area contributed by atoms with Crippen LogP contribution in [0.3, 0.4) is 0 Å². The molecule has 2 saturated heterocycles. The van der Waals surface area contributed by atoms with E-state index in [0.29, 0.717) is 38.6 Å². The van der Waals surface area contributed by atoms with Crippen LogP contribution in [0, 0.1) is 0 Å². The van der Waals surface area contributed by atoms with Crippen molar-refractivity contribution in [1.82, 2.24) is 0 Å². The lowest BCUT2D eigenvalue weighted by molar-refractivity contribution is -0.0727. The summed E-state index contributed by atoms with van der Waals surface area (Å²) in [6.07, 6.45) is 0.817. The minimum Gasteiger partial charge on any atom is -0.376 e. The Kier molecular flexibility index (Phi) is 5.18. The van der Waals surface area contributed by atoms with Crippen molar-refractivity contribution in [3.8, 4) is 0 Å². The topological polar surface area (TPSA) is 52.8 Å². The van der Waals surface area contributed by atoms with Crippen molar-refractivity contribution >= 4 is 0 Å². The van der Waals surface area contributed by atoms with Crippen LogP contribution in [0.2, 0.25) is 0 Å². The summed E-state index contributed by atoms with van der Waals surface area (Å²) in [5.41, 5.74) is 0. The Labute approximate surface area is 102 Å². The predicted octanol–water partition coefficient (Wildman–Crippen LogP) is 0.611. The summed E-state index contributed by atoms with van der Waals surface area (Å²) >= 11 is 0. The molecular weight excluding hydrogens is 224 g/mol. The summed E-state index contributed by atoms with van der Waals surface area (Å²) in [5, 5.41) is 0. The van der Waals surface area contributed by atoms with Gasteiger partial charge in [0.2, 0.25) is 0 Å². The van der Waals surface area contributed by atoms with Gasteiger partial charge >= 0.3 is 0 Å². The minimum absolute atomic E-state index is 0.0875. The van der Waals surface area contributed by atoms with Crippen molar-refractivity contribution in [2.75, 3.05) is 39.6 Å². The van der Waals surface area contributed by atoms with E-state index in [4.69, 9.17) is 23.7 Å². The molecule has 0 bridgehead atoms. The molecule has 2 fully saturated rings. The standard InChI is InChI=1S/C12H22O5/c1-9(3-13-5-11-7-15-11)17-10(2)4-14-6-12-8-16-12/h9-12H,3-8H2,1-2H3/t9-,10-,11+,12+/m1/s1. The normalized spacial score (nSPS) is 30.0. The van der Waals surface area contributed by atoms with Gasteiger partial charge in [-0.15, -0.1) is 0 Å². The lowest BCUT2D eigenvalue weighted by Gasteiger charge is -2.19. The van der Waals surface area contributed by atoms with Crippen LogP contribution >= 0.6 is 0 Å². The molecule has 2 heterocycles. The number of rotatable bonds is 10. The second-order valence-electron chi connectivity index (χ2n) is 4.74. The van der Waals surface area contributed by atoms with Crippen molar-refractivity contribution in [1.29, 1.82) is 0 Å². The first-order valence-electron chi connectivity index (χ1n) is 6.28. The highest BCUT2D eigenvalue weighted by Gasteiger charge is 2.23. The second kappa shape index (κ2) is 6.66. The zero-order valence-electron chi connectivity index (χ0n) is 10.6. The highest BCUT2D eigenvalue weighted by molar-refractivity contribution is 4.68. The molecule has 2 aliphatic rings. The Morgan fingerprint density at radius 1 is 0.941 bits per heavy atom. The maximum atomic E-state index is 5.72. The maximum Gasteiger partial charge on any atom is 0.104 e. The zero-order valence-corrected chi connectivity index (χ0v) is 10.6. The molecule has 100 valence electrons. The Hall–Kier alpha value is -0.200. The minimum atomic E-state index is 0.0875. The molecule has 0 aliphatic carbocycles. The third-order valence-electron chi connectivity index (χ3n) is 2.58. The fourth-order valence-electron chi connectivity index (χ4n) is 1.53. The second-order valence-corrected chi connectivity index (χ2v) is 4.74. The van der Waals surface area contributed by atoms with E-state index in [1.165, 1.54) is 0 Å². The van der Waals surface area contributed by atoms with Crippen molar-refractivity contribution in [3.63, 3.8) is 0 Å². The van der Waals surface area contributed by atoms with Crippen LogP contribution in [-0.2, 0) is 23.7 Å². The van der Waals surface area contributed by atoms with Gasteiger partial charge < -0.3 is 23.7 Å². The van der Waals surface area contributed by atoms with Crippen LogP contribution in [-0.4, -0.2) is 64.1 Å². The highest BCUT2D eigenvalue weighted by Crippen LogP contribution is 2.10. The zero-order chi connectivity index (χ0) is 12.1. The van der Waals surface area contributed by atoms with Crippen LogP contribution < -0.4 is 0 Å². The van der Waals surface area contributed by atoms with Gasteiger partial charge in [0, 0.05) is 0 Å². The lowest BCUT2D eigenvalue weighted by atomic mass is 10.4. The van der Waals surface area contributed by atoms with E-state index < -0.39 is 0 Å². The third kappa shape index (κ3) is 6.33. The molecule has 4 atom stereocenters. The summed E-state index contributed by atoms with van der Waals surface area (Å²) < 4.78 is 26.8. The molecule has 5 nitrogen and oxygen atoms in total. The first kappa shape index (κ1) is 13.2. The summed E-state index contributed by atoms with van der Waals surface area (Å²) in [5.74, 6) is 0. The first-order chi connectivity index (χ1) is 8.24. The van der Waals surface area contributed by atoms with Crippen LogP contribution in [0.15, 0.2) is 0 Å². The van der Waals surface area contributed by atoms with E-state index in [1.54, 1.807) is 0 Å². The van der Waals surface area contributed by atoms with Crippen molar-refractivity contribution < 1.29 is 23.7 Å². The lowest BCUT2D eigenvalue weighted by Crippen LogP contribution is -2.26. The molecule has 17 heavy (non-hydrogen) atoms. The van der Waals surface area contributed by atoms with Crippen LogP contribution in [0.1, 0.15) is 13.8 Å². The monoisotopic (exact) mass is 246 g/mol. The van der Waals surface area contributed by atoms with Crippen molar-refractivity contribution in [2.45, 2.75) is 38.3 Å². The van der Waals surface area contributed by atoms with E-state index in [-0.39, 0.29) is 12.2 Å². The molecule has 0 spiro atoms. The molecule has 2 aliphatic heterocycles. The smallest absolute Gasteiger partial charge is 0.104 e. The summed E-state index contributed by atoms with van der Waals surface area (Å²) in [4.78, 5) is 0. The maximum absolute atomic E-state index is 5.72. The van der Waals surface area contributed by atoms with Crippen LogP contribution in [0.5, 0.6) is 0 Å². The van der Waals surface area contributed by atoms with E-state index >= 15 is 0 Å². The molecule has 0 unspecified atom stereocenters. The molecule has 0 amide bonds. The quantitative estimate of drug-likeness (QED) is 0.529. The summed E-state index contributed by atoms with van der Waals surface area (Å²) in [6, 6.07) is 0. The fourth-order valence-corrected chi connectivity index (χ4v) is 1.53. The van der Waals surface area contributed by atoms with E-state index in [1.807, 2.05) is 13.8 Å². The van der Waals surface area contributed by atoms with E-state index in [9.17, 15) is 0 Å². The average molecular weight is 246 g/mol. The molecule has 0 radical (unpaired) electrons. The largest absolute Gasteiger partial charge is 0.376 e. The summed E-state index contributed by atoms with van der Waals surface area (Å²) in [6.45, 7) is 8.26. The van der Waals surface area contributed by atoms with Crippen molar-refractivity contribution in [2.24, 2.45) is 0 Å². The average Bonchev–Trinajstić information content (AvgIpc) is 3.12. The Morgan fingerprint density at radius 2 is 1.35 bits per heavy atom. The number of epoxide rings is 2. The molecular formula is C12H22O5. The van der Waals surface area contributed by atoms with E-state index in [2.05, 4.69) is 0 Å². The van der Waals surface area contributed by atoms with Crippen LogP contribution in [0.4, 0.5) is 0 Å². The molecule has 0 N–H and O–H groups in total. The van der Waals surface area contributed by atoms with Gasteiger partial charge in [-0.25, -0.2) is 0 Å². The Morgan fingerprint density at radius 3 is 1.71 bits per heavy atom. The van der Waals surface area contributed by atoms with Gasteiger partial charge in [-0.2, -0.15) is 0 Å². The van der Waals surface area contributed by atoms with Gasteiger partial charge in [0.25, 0.3) is 0 Å². The molecule has 5 heteroatoms. The Balaban J connectivity index is 1.42. The van der Waals surface area contributed by atoms with Gasteiger partial charge in [0.15, 0.2) is 0 Å². The number of hydrogen-bond donors (Lipinski definition) is 0. The van der Waals surface area contributed by atoms with Gasteiger partial charge in [-0.3, -0.25) is 0 Å². The molecule has 0 aromatic carbocycles. The van der Waals surface area contributed by atoms with E-state index in [0.717, 1.165) is 13.2 Å². The third-order valence-corrected chi connectivity index (χ3v) is 2.58. The fraction of sp³-hybridized carbons (Fsp3) is 1.00. The molecule has 0 saturated carbocycles. The molecule has 0 aromatic heterocycles. The summed E-state index contributed by atoms with van der Waals surface area (Å²) in [7, 11) is 0. The van der Waals surface area contributed by atoms with Crippen LogP contribution in [0.25, 0.3) is 0 Å². The van der Waals surface area contributed by atoms with Crippen molar-refractivity contribution in [3.05, 3.63) is 0 Å². The van der Waals surface area contributed by atoms with Gasteiger partial charge in [-0.1, -0.05) is 0 Å². The van der Waals surface area contributed by atoms with Gasteiger partial charge in [0.05, 0.1) is 51.8 Å². The first-order valence-corrected chi connectivity index (χ1v) is 6.28. The predicted molar refractivity (Wildman–Crippen MR) is 61.1 cm³/mol. The molecule has 2 rings (SSSR count). The number of ether oxygens (including phenoxy) is 5. The highest BCUT2D eigenvalue weighted by atomic mass is 16.6. The Bertz CT molecular complexity index is 193.